The van der Waals surface area contributed by atoms with Gasteiger partial charge in [-0.05, 0) is 44.8 Å². The van der Waals surface area contributed by atoms with Crippen LogP contribution in [0.2, 0.25) is 0 Å². The zero-order valence-corrected chi connectivity index (χ0v) is 12.3. The van der Waals surface area contributed by atoms with Gasteiger partial charge in [0.1, 0.15) is 0 Å². The molecular weight excluding hydrogens is 194 g/mol. The fourth-order valence-electron chi connectivity index (χ4n) is 2.27. The third kappa shape index (κ3) is 9.21. The SMILES string of the molecule is CCCC(C)CCN(C)CCC(C)CCC. The van der Waals surface area contributed by atoms with Crippen molar-refractivity contribution >= 4 is 0 Å². The van der Waals surface area contributed by atoms with Crippen LogP contribution in [0.1, 0.15) is 66.2 Å². The van der Waals surface area contributed by atoms with E-state index in [1.54, 1.807) is 0 Å². The molecule has 98 valence electrons. The predicted molar refractivity (Wildman–Crippen MR) is 74.9 cm³/mol. The van der Waals surface area contributed by atoms with Crippen molar-refractivity contribution in [3.63, 3.8) is 0 Å². The lowest BCUT2D eigenvalue weighted by molar-refractivity contribution is 0.276. The number of rotatable bonds is 10. The highest BCUT2D eigenvalue weighted by Gasteiger charge is 2.06. The molecule has 2 atom stereocenters. The van der Waals surface area contributed by atoms with Crippen molar-refractivity contribution in [1.82, 2.24) is 4.90 Å². The van der Waals surface area contributed by atoms with E-state index >= 15 is 0 Å². The highest BCUT2D eigenvalue weighted by Crippen LogP contribution is 2.12. The summed E-state index contributed by atoms with van der Waals surface area (Å²) < 4.78 is 0. The van der Waals surface area contributed by atoms with Crippen molar-refractivity contribution in [2.24, 2.45) is 11.8 Å². The smallest absolute Gasteiger partial charge is 0.00192 e. The van der Waals surface area contributed by atoms with E-state index in [1.807, 2.05) is 0 Å². The van der Waals surface area contributed by atoms with Crippen LogP contribution in [0.25, 0.3) is 0 Å². The molecule has 0 saturated heterocycles. The van der Waals surface area contributed by atoms with Crippen LogP contribution >= 0.6 is 0 Å². The Morgan fingerprint density at radius 2 is 1.12 bits per heavy atom. The molecule has 1 nitrogen and oxygen atoms in total. The summed E-state index contributed by atoms with van der Waals surface area (Å²) in [5.41, 5.74) is 0. The van der Waals surface area contributed by atoms with Gasteiger partial charge in [0.05, 0.1) is 0 Å². The minimum atomic E-state index is 0.903. The van der Waals surface area contributed by atoms with Crippen molar-refractivity contribution in [2.45, 2.75) is 66.2 Å². The summed E-state index contributed by atoms with van der Waals surface area (Å²) in [4.78, 5) is 2.51. The van der Waals surface area contributed by atoms with E-state index in [4.69, 9.17) is 0 Å². The lowest BCUT2D eigenvalue weighted by Gasteiger charge is -2.20. The first-order valence-corrected chi connectivity index (χ1v) is 7.28. The van der Waals surface area contributed by atoms with Gasteiger partial charge in [0.25, 0.3) is 0 Å². The fourth-order valence-corrected chi connectivity index (χ4v) is 2.27. The van der Waals surface area contributed by atoms with Gasteiger partial charge < -0.3 is 4.90 Å². The van der Waals surface area contributed by atoms with Gasteiger partial charge in [-0.2, -0.15) is 0 Å². The lowest BCUT2D eigenvalue weighted by atomic mass is 10.0. The van der Waals surface area contributed by atoms with Crippen molar-refractivity contribution in [1.29, 1.82) is 0 Å². The van der Waals surface area contributed by atoms with E-state index in [0.29, 0.717) is 0 Å². The molecular formula is C15H33N. The highest BCUT2D eigenvalue weighted by molar-refractivity contribution is 4.60. The molecule has 0 aliphatic heterocycles. The van der Waals surface area contributed by atoms with Crippen molar-refractivity contribution < 1.29 is 0 Å². The Labute approximate surface area is 104 Å². The van der Waals surface area contributed by atoms with Gasteiger partial charge in [-0.1, -0.05) is 53.4 Å². The molecule has 0 aromatic heterocycles. The number of hydrogen-bond donors (Lipinski definition) is 0. The number of nitrogens with zero attached hydrogens (tertiary/aromatic N) is 1. The van der Waals surface area contributed by atoms with E-state index < -0.39 is 0 Å². The molecule has 0 heterocycles. The fraction of sp³-hybridized carbons (Fsp3) is 1.00. The molecule has 0 aliphatic rings. The summed E-state index contributed by atoms with van der Waals surface area (Å²) in [6, 6.07) is 0. The van der Waals surface area contributed by atoms with E-state index in [0.717, 1.165) is 11.8 Å². The molecule has 0 aromatic carbocycles. The van der Waals surface area contributed by atoms with Gasteiger partial charge in [0.15, 0.2) is 0 Å². The van der Waals surface area contributed by atoms with Crippen molar-refractivity contribution in [3.8, 4) is 0 Å². The average Bonchev–Trinajstić information content (AvgIpc) is 2.24. The Morgan fingerprint density at radius 1 is 0.750 bits per heavy atom. The van der Waals surface area contributed by atoms with Gasteiger partial charge in [0, 0.05) is 0 Å². The Morgan fingerprint density at radius 3 is 1.44 bits per heavy atom. The Kier molecular flexibility index (Phi) is 10.1. The second kappa shape index (κ2) is 10.1. The zero-order chi connectivity index (χ0) is 12.4. The summed E-state index contributed by atoms with van der Waals surface area (Å²) in [5.74, 6) is 1.81. The van der Waals surface area contributed by atoms with Gasteiger partial charge >= 0.3 is 0 Å². The zero-order valence-electron chi connectivity index (χ0n) is 12.3. The van der Waals surface area contributed by atoms with E-state index in [-0.39, 0.29) is 0 Å². The minimum Gasteiger partial charge on any atom is -0.306 e. The summed E-state index contributed by atoms with van der Waals surface area (Å²) in [5, 5.41) is 0. The quantitative estimate of drug-likeness (QED) is 0.528. The molecule has 0 radical (unpaired) electrons. The third-order valence-corrected chi connectivity index (χ3v) is 3.57. The van der Waals surface area contributed by atoms with Crippen LogP contribution in [0.15, 0.2) is 0 Å². The maximum atomic E-state index is 2.51. The van der Waals surface area contributed by atoms with E-state index in [2.05, 4.69) is 39.6 Å². The molecule has 0 aliphatic carbocycles. The van der Waals surface area contributed by atoms with E-state index in [9.17, 15) is 0 Å². The van der Waals surface area contributed by atoms with Gasteiger partial charge in [-0.25, -0.2) is 0 Å². The second-order valence-electron chi connectivity index (χ2n) is 5.67. The normalized spacial score (nSPS) is 15.4. The largest absolute Gasteiger partial charge is 0.306 e. The predicted octanol–water partition coefficient (Wildman–Crippen LogP) is 4.57. The maximum absolute atomic E-state index is 2.51. The van der Waals surface area contributed by atoms with Crippen molar-refractivity contribution in [2.75, 3.05) is 20.1 Å². The first kappa shape index (κ1) is 16.0. The molecule has 2 unspecified atom stereocenters. The van der Waals surface area contributed by atoms with Crippen LogP contribution in [0, 0.1) is 11.8 Å². The van der Waals surface area contributed by atoms with Crippen LogP contribution in [0.4, 0.5) is 0 Å². The Balaban J connectivity index is 3.46. The lowest BCUT2D eigenvalue weighted by Crippen LogP contribution is -2.23. The summed E-state index contributed by atoms with van der Waals surface area (Å²) in [7, 11) is 2.28. The molecule has 0 spiro atoms. The first-order chi connectivity index (χ1) is 7.60. The minimum absolute atomic E-state index is 0.903. The van der Waals surface area contributed by atoms with Gasteiger partial charge in [-0.3, -0.25) is 0 Å². The number of hydrogen-bond acceptors (Lipinski definition) is 1. The standard InChI is InChI=1S/C15H33N/c1-6-8-14(3)10-12-16(5)13-11-15(4)9-7-2/h14-15H,6-13H2,1-5H3. The molecule has 0 aromatic rings. The molecule has 0 bridgehead atoms. The van der Waals surface area contributed by atoms with Gasteiger partial charge in [0.2, 0.25) is 0 Å². The van der Waals surface area contributed by atoms with Crippen LogP contribution in [0.5, 0.6) is 0 Å². The molecule has 16 heavy (non-hydrogen) atoms. The maximum Gasteiger partial charge on any atom is -0.00192 e. The second-order valence-corrected chi connectivity index (χ2v) is 5.67. The topological polar surface area (TPSA) is 3.24 Å². The molecule has 0 saturated carbocycles. The van der Waals surface area contributed by atoms with E-state index in [1.165, 1.54) is 51.6 Å². The molecule has 0 fully saturated rings. The molecule has 0 rings (SSSR count). The van der Waals surface area contributed by atoms with Crippen LogP contribution in [-0.4, -0.2) is 25.0 Å². The molecule has 0 amide bonds. The summed E-state index contributed by atoms with van der Waals surface area (Å²) in [6.07, 6.45) is 8.18. The van der Waals surface area contributed by atoms with Crippen LogP contribution in [0.3, 0.4) is 0 Å². The van der Waals surface area contributed by atoms with Crippen molar-refractivity contribution in [3.05, 3.63) is 0 Å². The molecule has 1 heteroatoms. The third-order valence-electron chi connectivity index (χ3n) is 3.57. The van der Waals surface area contributed by atoms with Crippen LogP contribution < -0.4 is 0 Å². The molecule has 0 N–H and O–H groups in total. The summed E-state index contributed by atoms with van der Waals surface area (Å²) in [6.45, 7) is 11.9. The summed E-state index contributed by atoms with van der Waals surface area (Å²) >= 11 is 0. The Hall–Kier alpha value is -0.0400. The highest BCUT2D eigenvalue weighted by atomic mass is 15.1. The monoisotopic (exact) mass is 227 g/mol. The Bertz CT molecular complexity index is 128. The first-order valence-electron chi connectivity index (χ1n) is 7.28. The van der Waals surface area contributed by atoms with Crippen LogP contribution in [-0.2, 0) is 0 Å². The van der Waals surface area contributed by atoms with Gasteiger partial charge in [-0.15, -0.1) is 0 Å². The average molecular weight is 227 g/mol.